The van der Waals surface area contributed by atoms with Gasteiger partial charge in [0.25, 0.3) is 0 Å². The fourth-order valence-electron chi connectivity index (χ4n) is 2.48. The third-order valence-electron chi connectivity index (χ3n) is 3.70. The summed E-state index contributed by atoms with van der Waals surface area (Å²) in [6.45, 7) is 0.613. The Morgan fingerprint density at radius 1 is 1.17 bits per heavy atom. The molecule has 0 amide bonds. The van der Waals surface area contributed by atoms with Gasteiger partial charge in [0, 0.05) is 11.0 Å². The van der Waals surface area contributed by atoms with E-state index < -0.39 is 0 Å². The number of aromatic nitrogens is 5. The first-order chi connectivity index (χ1) is 11.7. The maximum Gasteiger partial charge on any atom is 0.222 e. The van der Waals surface area contributed by atoms with Crippen molar-refractivity contribution in [3.05, 3.63) is 52.5 Å². The first kappa shape index (κ1) is 14.8. The van der Waals surface area contributed by atoms with Crippen LogP contribution in [0.1, 0.15) is 5.56 Å². The van der Waals surface area contributed by atoms with E-state index in [9.17, 15) is 0 Å². The number of hydrogen-bond donors (Lipinski definition) is 1. The second kappa shape index (κ2) is 6.04. The van der Waals surface area contributed by atoms with Gasteiger partial charge in [-0.2, -0.15) is 4.52 Å². The Morgan fingerprint density at radius 3 is 2.79 bits per heavy atom. The van der Waals surface area contributed by atoms with E-state index in [0.717, 1.165) is 26.8 Å². The number of tetrazole rings is 1. The summed E-state index contributed by atoms with van der Waals surface area (Å²) in [5.74, 6) is 1.47. The Bertz CT molecular complexity index is 1010. The molecule has 0 atom stereocenters. The molecule has 0 saturated carbocycles. The number of benzene rings is 2. The lowest BCUT2D eigenvalue weighted by Crippen LogP contribution is -2.05. The van der Waals surface area contributed by atoms with Gasteiger partial charge in [-0.25, -0.2) is 4.98 Å². The molecule has 0 unspecified atom stereocenters. The SMILES string of the molecule is COc1ccc(CNc2nc3ccc(Br)cc3n3nnnc23)cc1. The first-order valence-electron chi connectivity index (χ1n) is 7.29. The minimum atomic E-state index is 0.592. The molecule has 1 N–H and O–H groups in total. The highest BCUT2D eigenvalue weighted by Crippen LogP contribution is 2.23. The molecule has 0 bridgehead atoms. The Kier molecular flexibility index (Phi) is 3.73. The summed E-state index contributed by atoms with van der Waals surface area (Å²) < 4.78 is 7.81. The standard InChI is InChI=1S/C16H13BrN6O/c1-24-12-5-2-10(3-6-12)9-18-15-16-20-21-22-23(16)14-8-11(17)4-7-13(14)19-15/h2-8H,9H2,1H3,(H,18,19). The quantitative estimate of drug-likeness (QED) is 0.582. The van der Waals surface area contributed by atoms with Crippen molar-refractivity contribution < 1.29 is 4.74 Å². The lowest BCUT2D eigenvalue weighted by molar-refractivity contribution is 0.414. The molecule has 24 heavy (non-hydrogen) atoms. The van der Waals surface area contributed by atoms with Gasteiger partial charge in [0.15, 0.2) is 5.82 Å². The first-order valence-corrected chi connectivity index (χ1v) is 8.08. The van der Waals surface area contributed by atoms with Gasteiger partial charge in [-0.3, -0.25) is 0 Å². The largest absolute Gasteiger partial charge is 0.497 e. The number of nitrogens with one attached hydrogen (secondary N) is 1. The maximum atomic E-state index is 5.17. The van der Waals surface area contributed by atoms with E-state index in [2.05, 4.69) is 41.8 Å². The molecule has 2 heterocycles. The Balaban J connectivity index is 1.69. The van der Waals surface area contributed by atoms with Crippen LogP contribution in [-0.2, 0) is 6.54 Å². The van der Waals surface area contributed by atoms with Crippen molar-refractivity contribution in [2.24, 2.45) is 0 Å². The van der Waals surface area contributed by atoms with Crippen LogP contribution in [-0.4, -0.2) is 32.1 Å². The fourth-order valence-corrected chi connectivity index (χ4v) is 2.83. The molecule has 0 radical (unpaired) electrons. The number of anilines is 1. The number of ether oxygens (including phenoxy) is 1. The molecular formula is C16H13BrN6O. The molecule has 7 nitrogen and oxygen atoms in total. The monoisotopic (exact) mass is 384 g/mol. The number of rotatable bonds is 4. The molecule has 2 aromatic carbocycles. The second-order valence-corrected chi connectivity index (χ2v) is 6.13. The summed E-state index contributed by atoms with van der Waals surface area (Å²) in [7, 11) is 1.65. The van der Waals surface area contributed by atoms with Crippen LogP contribution in [0.25, 0.3) is 16.7 Å². The van der Waals surface area contributed by atoms with E-state index in [1.165, 1.54) is 0 Å². The number of fused-ring (bicyclic) bond motifs is 3. The minimum absolute atomic E-state index is 0.592. The van der Waals surface area contributed by atoms with Crippen LogP contribution in [0.3, 0.4) is 0 Å². The molecule has 2 aromatic heterocycles. The zero-order chi connectivity index (χ0) is 16.5. The second-order valence-electron chi connectivity index (χ2n) is 5.21. The lowest BCUT2D eigenvalue weighted by Gasteiger charge is -2.09. The predicted octanol–water partition coefficient (Wildman–Crippen LogP) is 3.06. The number of hydrogen-bond acceptors (Lipinski definition) is 6. The van der Waals surface area contributed by atoms with Crippen molar-refractivity contribution in [3.8, 4) is 5.75 Å². The number of nitrogens with zero attached hydrogens (tertiary/aromatic N) is 5. The normalized spacial score (nSPS) is 11.1. The van der Waals surface area contributed by atoms with Crippen LogP contribution in [0, 0.1) is 0 Å². The van der Waals surface area contributed by atoms with E-state index in [1.54, 1.807) is 11.6 Å². The van der Waals surface area contributed by atoms with Crippen LogP contribution in [0.15, 0.2) is 46.9 Å². The van der Waals surface area contributed by atoms with Crippen LogP contribution in [0.2, 0.25) is 0 Å². The highest BCUT2D eigenvalue weighted by molar-refractivity contribution is 9.10. The average molecular weight is 385 g/mol. The molecule has 0 spiro atoms. The highest BCUT2D eigenvalue weighted by atomic mass is 79.9. The van der Waals surface area contributed by atoms with Crippen LogP contribution in [0.4, 0.5) is 5.82 Å². The Morgan fingerprint density at radius 2 is 2.00 bits per heavy atom. The van der Waals surface area contributed by atoms with Crippen molar-refractivity contribution in [1.29, 1.82) is 0 Å². The molecule has 0 saturated heterocycles. The Hall–Kier alpha value is -2.74. The molecular weight excluding hydrogens is 372 g/mol. The van der Waals surface area contributed by atoms with Crippen LogP contribution < -0.4 is 10.1 Å². The van der Waals surface area contributed by atoms with Gasteiger partial charge in [0.2, 0.25) is 5.65 Å². The topological polar surface area (TPSA) is 77.2 Å². The summed E-state index contributed by atoms with van der Waals surface area (Å²) >= 11 is 3.46. The summed E-state index contributed by atoms with van der Waals surface area (Å²) in [6, 6.07) is 13.7. The van der Waals surface area contributed by atoms with Crippen LogP contribution >= 0.6 is 15.9 Å². The summed E-state index contributed by atoms with van der Waals surface area (Å²) in [5.41, 5.74) is 3.36. The summed E-state index contributed by atoms with van der Waals surface area (Å²) in [4.78, 5) is 4.65. The third kappa shape index (κ3) is 2.65. The van der Waals surface area contributed by atoms with E-state index in [0.29, 0.717) is 18.0 Å². The summed E-state index contributed by atoms with van der Waals surface area (Å²) in [6.07, 6.45) is 0. The van der Waals surface area contributed by atoms with E-state index >= 15 is 0 Å². The molecule has 120 valence electrons. The smallest absolute Gasteiger partial charge is 0.222 e. The Labute approximate surface area is 145 Å². The number of methoxy groups -OCH3 is 1. The van der Waals surface area contributed by atoms with Gasteiger partial charge >= 0.3 is 0 Å². The predicted molar refractivity (Wildman–Crippen MR) is 94.1 cm³/mol. The molecule has 0 aliphatic rings. The maximum absolute atomic E-state index is 5.17. The number of halogens is 1. The van der Waals surface area contributed by atoms with Crippen molar-refractivity contribution in [2.75, 3.05) is 12.4 Å². The fraction of sp³-hybridized carbons (Fsp3) is 0.125. The minimum Gasteiger partial charge on any atom is -0.497 e. The molecule has 4 aromatic rings. The zero-order valence-corrected chi connectivity index (χ0v) is 14.4. The van der Waals surface area contributed by atoms with Crippen LogP contribution in [0.5, 0.6) is 5.75 Å². The highest BCUT2D eigenvalue weighted by Gasteiger charge is 2.11. The average Bonchev–Trinajstić information content (AvgIpc) is 3.10. The third-order valence-corrected chi connectivity index (χ3v) is 4.19. The molecule has 0 aliphatic heterocycles. The van der Waals surface area contributed by atoms with Gasteiger partial charge in [-0.1, -0.05) is 28.1 Å². The van der Waals surface area contributed by atoms with Gasteiger partial charge in [0.1, 0.15) is 5.75 Å². The van der Waals surface area contributed by atoms with Crippen molar-refractivity contribution >= 4 is 38.4 Å². The van der Waals surface area contributed by atoms with Gasteiger partial charge in [-0.15, -0.1) is 5.10 Å². The zero-order valence-electron chi connectivity index (χ0n) is 12.8. The summed E-state index contributed by atoms with van der Waals surface area (Å²) in [5, 5.41) is 15.2. The van der Waals surface area contributed by atoms with Crippen molar-refractivity contribution in [1.82, 2.24) is 25.0 Å². The van der Waals surface area contributed by atoms with E-state index in [-0.39, 0.29) is 0 Å². The van der Waals surface area contributed by atoms with Crippen molar-refractivity contribution in [2.45, 2.75) is 6.54 Å². The van der Waals surface area contributed by atoms with E-state index in [4.69, 9.17) is 4.74 Å². The molecule has 0 fully saturated rings. The molecule has 8 heteroatoms. The van der Waals surface area contributed by atoms with Crippen molar-refractivity contribution in [3.63, 3.8) is 0 Å². The lowest BCUT2D eigenvalue weighted by atomic mass is 10.2. The van der Waals surface area contributed by atoms with Gasteiger partial charge in [0.05, 0.1) is 18.1 Å². The molecule has 4 rings (SSSR count). The van der Waals surface area contributed by atoms with Gasteiger partial charge in [-0.05, 0) is 46.3 Å². The van der Waals surface area contributed by atoms with E-state index in [1.807, 2.05) is 42.5 Å². The molecule has 0 aliphatic carbocycles. The van der Waals surface area contributed by atoms with Gasteiger partial charge < -0.3 is 10.1 Å².